The SMILES string of the molecule is C[C-](C)CCN1CCC(Cc2ccccc2)CC1.[Y]. The topological polar surface area (TPSA) is 3.24 Å². The van der Waals surface area contributed by atoms with Crippen LogP contribution >= 0.6 is 0 Å². The van der Waals surface area contributed by atoms with Crippen LogP contribution in [0, 0.1) is 11.8 Å². The van der Waals surface area contributed by atoms with E-state index in [2.05, 4.69) is 49.1 Å². The summed E-state index contributed by atoms with van der Waals surface area (Å²) < 4.78 is 0. The Balaban J connectivity index is 0.00000180. The molecule has 0 spiro atoms. The maximum atomic E-state index is 2.63. The van der Waals surface area contributed by atoms with Crippen LogP contribution in [0.15, 0.2) is 30.3 Å². The molecule has 103 valence electrons. The molecule has 0 N–H and O–H groups in total. The van der Waals surface area contributed by atoms with Crippen molar-refractivity contribution in [2.75, 3.05) is 19.6 Å². The van der Waals surface area contributed by atoms with Gasteiger partial charge >= 0.3 is 0 Å². The molecular weight excluding hydrogens is 307 g/mol. The standard InChI is InChI=1S/C17H26N.Y/c1-15(2)8-11-18-12-9-17(10-13-18)14-16-6-4-3-5-7-16;/h3-7,17H,8-14H2,1-2H3;/q-1;. The van der Waals surface area contributed by atoms with Gasteiger partial charge in [0.2, 0.25) is 0 Å². The molecule has 1 fully saturated rings. The van der Waals surface area contributed by atoms with E-state index in [-0.39, 0.29) is 32.7 Å². The van der Waals surface area contributed by atoms with Crippen LogP contribution in [0.4, 0.5) is 0 Å². The second-order valence-corrected chi connectivity index (χ2v) is 5.93. The summed E-state index contributed by atoms with van der Waals surface area (Å²) >= 11 is 0. The molecule has 1 aromatic rings. The number of hydrogen-bond donors (Lipinski definition) is 0. The van der Waals surface area contributed by atoms with Gasteiger partial charge in [0.25, 0.3) is 0 Å². The molecule has 0 amide bonds. The molecule has 0 bridgehead atoms. The van der Waals surface area contributed by atoms with Crippen molar-refractivity contribution >= 4 is 0 Å². The van der Waals surface area contributed by atoms with Crippen molar-refractivity contribution in [3.8, 4) is 0 Å². The molecule has 1 aliphatic rings. The van der Waals surface area contributed by atoms with Gasteiger partial charge in [0.15, 0.2) is 0 Å². The molecule has 2 rings (SSSR count). The van der Waals surface area contributed by atoms with E-state index in [4.69, 9.17) is 0 Å². The molecule has 1 heterocycles. The number of piperidine rings is 1. The quantitative estimate of drug-likeness (QED) is 0.738. The summed E-state index contributed by atoms with van der Waals surface area (Å²) in [5.74, 6) is 2.46. The first-order valence-corrected chi connectivity index (χ1v) is 7.29. The van der Waals surface area contributed by atoms with E-state index in [0.717, 1.165) is 5.92 Å². The molecule has 1 aromatic carbocycles. The van der Waals surface area contributed by atoms with Gasteiger partial charge in [-0.3, -0.25) is 0 Å². The summed E-state index contributed by atoms with van der Waals surface area (Å²) in [6.45, 7) is 8.33. The first-order valence-electron chi connectivity index (χ1n) is 7.29. The average Bonchev–Trinajstić information content (AvgIpc) is 2.39. The fourth-order valence-corrected chi connectivity index (χ4v) is 2.74. The zero-order valence-corrected chi connectivity index (χ0v) is 15.3. The Kier molecular flexibility index (Phi) is 8.45. The van der Waals surface area contributed by atoms with Crippen LogP contribution in [0.1, 0.15) is 38.7 Å². The van der Waals surface area contributed by atoms with Crippen molar-refractivity contribution in [3.05, 3.63) is 41.8 Å². The second kappa shape index (κ2) is 9.26. The third-order valence-electron chi connectivity index (χ3n) is 4.00. The van der Waals surface area contributed by atoms with Crippen LogP contribution in [0.5, 0.6) is 0 Å². The Labute approximate surface area is 144 Å². The number of benzene rings is 1. The minimum absolute atomic E-state index is 0. The largest absolute Gasteiger partial charge is 0.318 e. The summed E-state index contributed by atoms with van der Waals surface area (Å²) in [6, 6.07) is 11.0. The minimum Gasteiger partial charge on any atom is -0.318 e. The van der Waals surface area contributed by atoms with Gasteiger partial charge in [0.05, 0.1) is 0 Å². The van der Waals surface area contributed by atoms with Crippen molar-refractivity contribution in [2.24, 2.45) is 5.92 Å². The van der Waals surface area contributed by atoms with E-state index in [1.165, 1.54) is 50.9 Å². The molecule has 0 aliphatic carbocycles. The van der Waals surface area contributed by atoms with Crippen LogP contribution < -0.4 is 0 Å². The predicted octanol–water partition coefficient (Wildman–Crippen LogP) is 3.94. The molecule has 1 saturated heterocycles. The smallest absolute Gasteiger partial charge is 0 e. The first kappa shape index (κ1) is 17.3. The van der Waals surface area contributed by atoms with Gasteiger partial charge in [0, 0.05) is 32.7 Å². The van der Waals surface area contributed by atoms with Gasteiger partial charge in [-0.05, 0) is 50.4 Å². The van der Waals surface area contributed by atoms with Crippen molar-refractivity contribution in [2.45, 2.75) is 39.5 Å². The Morgan fingerprint density at radius 1 is 1.11 bits per heavy atom. The molecule has 1 nitrogen and oxygen atoms in total. The molecule has 0 saturated carbocycles. The van der Waals surface area contributed by atoms with E-state index < -0.39 is 0 Å². The van der Waals surface area contributed by atoms with Gasteiger partial charge in [-0.15, -0.1) is 0 Å². The normalized spacial score (nSPS) is 17.4. The van der Waals surface area contributed by atoms with Crippen LogP contribution in [0.2, 0.25) is 0 Å². The summed E-state index contributed by atoms with van der Waals surface area (Å²) in [5.41, 5.74) is 1.51. The predicted molar refractivity (Wildman–Crippen MR) is 78.5 cm³/mol. The minimum atomic E-state index is 0. The number of hydrogen-bond acceptors (Lipinski definition) is 1. The number of nitrogens with zero attached hydrogens (tertiary/aromatic N) is 1. The van der Waals surface area contributed by atoms with Gasteiger partial charge in [0.1, 0.15) is 0 Å². The molecule has 0 atom stereocenters. The Bertz CT molecular complexity index is 328. The fraction of sp³-hybridized carbons (Fsp3) is 0.588. The fourth-order valence-electron chi connectivity index (χ4n) is 2.74. The second-order valence-electron chi connectivity index (χ2n) is 5.93. The van der Waals surface area contributed by atoms with E-state index in [1.807, 2.05) is 0 Å². The van der Waals surface area contributed by atoms with Crippen molar-refractivity contribution in [1.29, 1.82) is 0 Å². The third-order valence-corrected chi connectivity index (χ3v) is 4.00. The van der Waals surface area contributed by atoms with Gasteiger partial charge in [-0.2, -0.15) is 20.3 Å². The maximum absolute atomic E-state index is 2.63. The van der Waals surface area contributed by atoms with Crippen molar-refractivity contribution in [1.82, 2.24) is 4.90 Å². The molecule has 1 aliphatic heterocycles. The summed E-state index contributed by atoms with van der Waals surface area (Å²) in [7, 11) is 0. The number of likely N-dealkylation sites (tertiary alicyclic amines) is 1. The maximum Gasteiger partial charge on any atom is 0 e. The van der Waals surface area contributed by atoms with Crippen LogP contribution in [0.25, 0.3) is 0 Å². The Hall–Kier alpha value is 0.284. The molecule has 19 heavy (non-hydrogen) atoms. The van der Waals surface area contributed by atoms with Crippen LogP contribution in [-0.4, -0.2) is 24.5 Å². The molecule has 1 radical (unpaired) electrons. The van der Waals surface area contributed by atoms with Crippen LogP contribution in [0.3, 0.4) is 0 Å². The first-order chi connectivity index (χ1) is 8.74. The summed E-state index contributed by atoms with van der Waals surface area (Å²) in [4.78, 5) is 2.63. The Morgan fingerprint density at radius 3 is 2.32 bits per heavy atom. The molecule has 2 heteroatoms. The molecular formula is C17H26NY-. The zero-order valence-electron chi connectivity index (χ0n) is 12.4. The average molecular weight is 333 g/mol. The van der Waals surface area contributed by atoms with E-state index in [1.54, 1.807) is 5.92 Å². The van der Waals surface area contributed by atoms with Gasteiger partial charge in [-0.25, -0.2) is 0 Å². The van der Waals surface area contributed by atoms with E-state index in [9.17, 15) is 0 Å². The van der Waals surface area contributed by atoms with Gasteiger partial charge < -0.3 is 10.8 Å². The van der Waals surface area contributed by atoms with Crippen LogP contribution in [-0.2, 0) is 39.1 Å². The van der Waals surface area contributed by atoms with Gasteiger partial charge in [-0.1, -0.05) is 30.3 Å². The summed E-state index contributed by atoms with van der Waals surface area (Å²) in [6.07, 6.45) is 5.28. The zero-order chi connectivity index (χ0) is 12.8. The molecule has 0 aromatic heterocycles. The Morgan fingerprint density at radius 2 is 1.74 bits per heavy atom. The monoisotopic (exact) mass is 333 g/mol. The summed E-state index contributed by atoms with van der Waals surface area (Å²) in [5, 5.41) is 0. The van der Waals surface area contributed by atoms with E-state index >= 15 is 0 Å². The molecule has 0 unspecified atom stereocenters. The third kappa shape index (κ3) is 6.51. The van der Waals surface area contributed by atoms with Crippen molar-refractivity contribution < 1.29 is 32.7 Å². The number of rotatable bonds is 5. The van der Waals surface area contributed by atoms with E-state index in [0.29, 0.717) is 0 Å². The van der Waals surface area contributed by atoms with Crippen molar-refractivity contribution in [3.63, 3.8) is 0 Å².